The second-order valence-electron chi connectivity index (χ2n) is 5.87. The highest BCUT2D eigenvalue weighted by molar-refractivity contribution is 9.10. The van der Waals surface area contributed by atoms with Gasteiger partial charge >= 0.3 is 0 Å². The third kappa shape index (κ3) is 6.72. The molecule has 128 valence electrons. The minimum Gasteiger partial charge on any atom is -0.312 e. The number of benzene rings is 2. The summed E-state index contributed by atoms with van der Waals surface area (Å²) in [5.74, 6) is -0.502. The van der Waals surface area contributed by atoms with E-state index in [1.807, 2.05) is 26.0 Å². The van der Waals surface area contributed by atoms with Gasteiger partial charge in [-0.1, -0.05) is 22.0 Å². The molecule has 0 fully saturated rings. The Bertz CT molecular complexity index is 709. The molecule has 0 unspecified atom stereocenters. The van der Waals surface area contributed by atoms with E-state index in [1.54, 1.807) is 18.2 Å². The minimum atomic E-state index is -0.377. The third-order valence-electron chi connectivity index (χ3n) is 2.84. The van der Waals surface area contributed by atoms with Gasteiger partial charge in [0.2, 0.25) is 0 Å². The maximum absolute atomic E-state index is 12.9. The van der Waals surface area contributed by atoms with Crippen molar-refractivity contribution in [2.45, 2.75) is 13.3 Å². The van der Waals surface area contributed by atoms with Crippen molar-refractivity contribution in [1.29, 1.82) is 0 Å². The van der Waals surface area contributed by atoms with Crippen molar-refractivity contribution in [3.8, 4) is 0 Å². The molecule has 0 aromatic heterocycles. The highest BCUT2D eigenvalue weighted by atomic mass is 79.9. The first-order valence-electron chi connectivity index (χ1n) is 7.39. The lowest BCUT2D eigenvalue weighted by molar-refractivity contribution is -0.116. The lowest BCUT2D eigenvalue weighted by atomic mass is 10.0. The van der Waals surface area contributed by atoms with Crippen LogP contribution in [0, 0.1) is 5.82 Å². The Morgan fingerprint density at radius 3 is 2.04 bits per heavy atom. The zero-order valence-electron chi connectivity index (χ0n) is 14.3. The van der Waals surface area contributed by atoms with Gasteiger partial charge in [-0.2, -0.15) is 0 Å². The van der Waals surface area contributed by atoms with Crippen molar-refractivity contribution in [3.05, 3.63) is 69.4 Å². The second-order valence-corrected chi connectivity index (χ2v) is 6.72. The van der Waals surface area contributed by atoms with Gasteiger partial charge < -0.3 is 4.90 Å². The normalized spacial score (nSPS) is 10.1. The highest BCUT2D eigenvalue weighted by Gasteiger charge is 2.13. The standard InChI is InChI=1S/C16H12BrFO2.C3H9N/c1-10(19)8-11-2-7-14(15(17)9-11)16(20)12-3-5-13(18)6-4-12;1-4(2)3/h2-7,9H,8H2,1H3;1-3H3. The summed E-state index contributed by atoms with van der Waals surface area (Å²) in [6.07, 6.45) is 0.337. The fourth-order valence-electron chi connectivity index (χ4n) is 1.90. The Morgan fingerprint density at radius 1 is 1.04 bits per heavy atom. The van der Waals surface area contributed by atoms with Crippen LogP contribution in [-0.4, -0.2) is 37.6 Å². The van der Waals surface area contributed by atoms with Crippen molar-refractivity contribution in [3.63, 3.8) is 0 Å². The molecule has 2 rings (SSSR count). The Balaban J connectivity index is 0.000000648. The topological polar surface area (TPSA) is 37.4 Å². The largest absolute Gasteiger partial charge is 0.312 e. The molecule has 0 atom stereocenters. The third-order valence-corrected chi connectivity index (χ3v) is 3.49. The van der Waals surface area contributed by atoms with Gasteiger partial charge in [-0.3, -0.25) is 9.59 Å². The summed E-state index contributed by atoms with van der Waals surface area (Å²) in [7, 11) is 6.00. The first-order valence-corrected chi connectivity index (χ1v) is 8.19. The number of Topliss-reactive ketones (excluding diaryl/α,β-unsaturated/α-hetero) is 1. The van der Waals surface area contributed by atoms with Gasteiger partial charge in [0.15, 0.2) is 5.78 Å². The SMILES string of the molecule is CC(=O)Cc1ccc(C(=O)c2ccc(F)cc2)c(Br)c1.CN(C)C. The van der Waals surface area contributed by atoms with Crippen LogP contribution in [0.5, 0.6) is 0 Å². The molecule has 0 amide bonds. The Labute approximate surface area is 150 Å². The van der Waals surface area contributed by atoms with Crippen LogP contribution in [0.25, 0.3) is 0 Å². The molecule has 2 aromatic carbocycles. The molecule has 0 radical (unpaired) electrons. The van der Waals surface area contributed by atoms with E-state index in [0.29, 0.717) is 22.0 Å². The summed E-state index contributed by atoms with van der Waals surface area (Å²) in [5, 5.41) is 0. The summed E-state index contributed by atoms with van der Waals surface area (Å²) in [4.78, 5) is 25.4. The van der Waals surface area contributed by atoms with Crippen molar-refractivity contribution >= 4 is 27.5 Å². The smallest absolute Gasteiger partial charge is 0.194 e. The van der Waals surface area contributed by atoms with E-state index in [4.69, 9.17) is 0 Å². The minimum absolute atomic E-state index is 0.0644. The fraction of sp³-hybridized carbons (Fsp3) is 0.263. The van der Waals surface area contributed by atoms with Gasteiger partial charge in [0.1, 0.15) is 11.6 Å². The number of nitrogens with zero attached hydrogens (tertiary/aromatic N) is 1. The van der Waals surface area contributed by atoms with Crippen LogP contribution in [-0.2, 0) is 11.2 Å². The zero-order chi connectivity index (χ0) is 18.3. The number of rotatable bonds is 4. The molecule has 0 spiro atoms. The van der Waals surface area contributed by atoms with Gasteiger partial charge in [-0.25, -0.2) is 4.39 Å². The number of hydrogen-bond acceptors (Lipinski definition) is 3. The van der Waals surface area contributed by atoms with E-state index in [0.717, 1.165) is 5.56 Å². The molecule has 0 N–H and O–H groups in total. The number of halogens is 2. The van der Waals surface area contributed by atoms with Gasteiger partial charge in [0.05, 0.1) is 0 Å². The maximum Gasteiger partial charge on any atom is 0.194 e. The van der Waals surface area contributed by atoms with Crippen LogP contribution in [0.15, 0.2) is 46.9 Å². The number of hydrogen-bond donors (Lipinski definition) is 0. The average molecular weight is 394 g/mol. The molecular weight excluding hydrogens is 373 g/mol. The quantitative estimate of drug-likeness (QED) is 0.732. The second kappa shape index (κ2) is 9.45. The van der Waals surface area contributed by atoms with Crippen molar-refractivity contribution in [1.82, 2.24) is 4.90 Å². The van der Waals surface area contributed by atoms with E-state index in [-0.39, 0.29) is 17.4 Å². The molecule has 0 aliphatic rings. The predicted octanol–water partition coefficient (Wildman–Crippen LogP) is 4.13. The summed E-state index contributed by atoms with van der Waals surface area (Å²) < 4.78 is 13.5. The number of carbonyl (C=O) groups is 2. The molecule has 2 aromatic rings. The van der Waals surface area contributed by atoms with Gasteiger partial charge in [0.25, 0.3) is 0 Å². The fourth-order valence-corrected chi connectivity index (χ4v) is 2.50. The lowest BCUT2D eigenvalue weighted by Gasteiger charge is -2.06. The summed E-state index contributed by atoms with van der Waals surface area (Å²) in [6, 6.07) is 10.6. The molecule has 0 saturated heterocycles. The van der Waals surface area contributed by atoms with E-state index < -0.39 is 0 Å². The maximum atomic E-state index is 12.9. The summed E-state index contributed by atoms with van der Waals surface area (Å²) in [6.45, 7) is 1.52. The van der Waals surface area contributed by atoms with Crippen LogP contribution in [0.2, 0.25) is 0 Å². The van der Waals surface area contributed by atoms with Crippen LogP contribution in [0.3, 0.4) is 0 Å². The van der Waals surface area contributed by atoms with Crippen LogP contribution < -0.4 is 0 Å². The van der Waals surface area contributed by atoms with Crippen molar-refractivity contribution < 1.29 is 14.0 Å². The number of ketones is 2. The summed E-state index contributed by atoms with van der Waals surface area (Å²) in [5.41, 5.74) is 1.76. The van der Waals surface area contributed by atoms with Gasteiger partial charge in [0, 0.05) is 22.0 Å². The van der Waals surface area contributed by atoms with E-state index in [2.05, 4.69) is 15.9 Å². The Kier molecular flexibility index (Phi) is 7.95. The predicted molar refractivity (Wildman–Crippen MR) is 98.0 cm³/mol. The molecule has 0 heterocycles. The first-order chi connectivity index (χ1) is 11.2. The monoisotopic (exact) mass is 393 g/mol. The molecule has 24 heavy (non-hydrogen) atoms. The van der Waals surface area contributed by atoms with Crippen molar-refractivity contribution in [2.24, 2.45) is 0 Å². The molecule has 5 heteroatoms. The van der Waals surface area contributed by atoms with Gasteiger partial charge in [-0.15, -0.1) is 0 Å². The molecular formula is C19H21BrFNO2. The lowest BCUT2D eigenvalue weighted by Crippen LogP contribution is -2.04. The van der Waals surface area contributed by atoms with Crippen LogP contribution in [0.1, 0.15) is 28.4 Å². The van der Waals surface area contributed by atoms with E-state index in [1.165, 1.54) is 31.2 Å². The van der Waals surface area contributed by atoms with Gasteiger partial charge in [-0.05, 0) is 70.0 Å². The summed E-state index contributed by atoms with van der Waals surface area (Å²) >= 11 is 3.34. The number of carbonyl (C=O) groups excluding carboxylic acids is 2. The first kappa shape index (κ1) is 20.2. The Morgan fingerprint density at radius 2 is 1.58 bits per heavy atom. The van der Waals surface area contributed by atoms with E-state index >= 15 is 0 Å². The molecule has 0 aliphatic heterocycles. The van der Waals surface area contributed by atoms with Crippen LogP contribution in [0.4, 0.5) is 4.39 Å². The molecule has 0 aliphatic carbocycles. The van der Waals surface area contributed by atoms with E-state index in [9.17, 15) is 14.0 Å². The van der Waals surface area contributed by atoms with Crippen molar-refractivity contribution in [2.75, 3.05) is 21.1 Å². The van der Waals surface area contributed by atoms with Crippen LogP contribution >= 0.6 is 15.9 Å². The highest BCUT2D eigenvalue weighted by Crippen LogP contribution is 2.22. The molecule has 0 bridgehead atoms. The molecule has 0 saturated carbocycles. The molecule has 3 nitrogen and oxygen atoms in total. The Hall–Kier alpha value is -1.85. The zero-order valence-corrected chi connectivity index (χ0v) is 15.9. The average Bonchev–Trinajstić information content (AvgIpc) is 2.46.